The fraction of sp³-hybridized carbons (Fsp3) is 0.179. The largest absolute Gasteiger partial charge is 0.303 e. The number of benzene rings is 2. The van der Waals surface area contributed by atoms with Gasteiger partial charge in [0.05, 0.1) is 29.5 Å². The normalized spacial score (nSPS) is 12.2. The number of aromatic nitrogens is 4. The van der Waals surface area contributed by atoms with Crippen LogP contribution in [-0.4, -0.2) is 31.7 Å². The number of ketones is 1. The summed E-state index contributed by atoms with van der Waals surface area (Å²) in [5, 5.41) is 12.2. The van der Waals surface area contributed by atoms with E-state index in [0.717, 1.165) is 28.6 Å². The number of fused-ring (bicyclic) bond motifs is 1. The van der Waals surface area contributed by atoms with Crippen molar-refractivity contribution in [1.29, 1.82) is 0 Å². The molecule has 0 radical (unpaired) electrons. The second-order valence-corrected chi connectivity index (χ2v) is 8.61. The molecule has 34 heavy (non-hydrogen) atoms. The van der Waals surface area contributed by atoms with Crippen LogP contribution in [0.1, 0.15) is 33.1 Å². The van der Waals surface area contributed by atoms with Crippen LogP contribution < -0.4 is 5.32 Å². The summed E-state index contributed by atoms with van der Waals surface area (Å²) in [5.74, 6) is 0.0132. The Morgan fingerprint density at radius 3 is 2.44 bits per heavy atom. The van der Waals surface area contributed by atoms with Gasteiger partial charge >= 0.3 is 0 Å². The second-order valence-electron chi connectivity index (χ2n) is 8.61. The van der Waals surface area contributed by atoms with Crippen molar-refractivity contribution in [2.24, 2.45) is 7.05 Å². The maximum Gasteiger partial charge on any atom is 0.188 e. The molecule has 6 nitrogen and oxygen atoms in total. The number of Topliss-reactive ketones (excluding diaryl/α,β-unsaturated/α-hetero) is 1. The summed E-state index contributed by atoms with van der Waals surface area (Å²) in [5.41, 5.74) is 6.84. The molecule has 0 aliphatic rings. The Labute approximate surface area is 198 Å². The first-order chi connectivity index (χ1) is 16.6. The zero-order chi connectivity index (χ0) is 23.5. The van der Waals surface area contributed by atoms with Crippen molar-refractivity contribution in [3.05, 3.63) is 114 Å². The van der Waals surface area contributed by atoms with Crippen molar-refractivity contribution in [3.8, 4) is 11.1 Å². The Kier molecular flexibility index (Phi) is 6.06. The van der Waals surface area contributed by atoms with E-state index in [0.29, 0.717) is 12.1 Å². The molecule has 0 aliphatic heterocycles. The highest BCUT2D eigenvalue weighted by Gasteiger charge is 2.24. The number of pyridine rings is 1. The van der Waals surface area contributed by atoms with Crippen molar-refractivity contribution in [2.75, 3.05) is 6.54 Å². The molecule has 0 fully saturated rings. The zero-order valence-corrected chi connectivity index (χ0v) is 19.3. The number of nitrogens with zero attached hydrogens (tertiary/aromatic N) is 4. The molecule has 2 aromatic carbocycles. The van der Waals surface area contributed by atoms with Gasteiger partial charge in [-0.05, 0) is 30.5 Å². The predicted octanol–water partition coefficient (Wildman–Crippen LogP) is 4.80. The van der Waals surface area contributed by atoms with E-state index in [-0.39, 0.29) is 5.78 Å². The van der Waals surface area contributed by atoms with E-state index in [1.165, 1.54) is 11.1 Å². The van der Waals surface area contributed by atoms with E-state index in [1.807, 2.05) is 68.1 Å². The summed E-state index contributed by atoms with van der Waals surface area (Å²) in [6.07, 6.45) is 8.23. The molecule has 1 atom stereocenters. The van der Waals surface area contributed by atoms with Gasteiger partial charge in [0.2, 0.25) is 0 Å². The Morgan fingerprint density at radius 1 is 0.912 bits per heavy atom. The molecule has 5 rings (SSSR count). The smallest absolute Gasteiger partial charge is 0.188 e. The molecule has 5 aromatic rings. The molecule has 0 aliphatic carbocycles. The van der Waals surface area contributed by atoms with Gasteiger partial charge in [0.1, 0.15) is 0 Å². The van der Waals surface area contributed by atoms with Crippen LogP contribution in [0.25, 0.3) is 16.6 Å². The van der Waals surface area contributed by atoms with Crippen molar-refractivity contribution >= 4 is 11.3 Å². The van der Waals surface area contributed by atoms with Crippen molar-refractivity contribution in [3.63, 3.8) is 0 Å². The average molecular weight is 450 g/mol. The number of carbonyl (C=O) groups excluding carboxylic acids is 1. The number of hydrogen-bond donors (Lipinski definition) is 1. The van der Waals surface area contributed by atoms with E-state index >= 15 is 0 Å². The summed E-state index contributed by atoms with van der Waals surface area (Å²) < 4.78 is 3.54. The lowest BCUT2D eigenvalue weighted by molar-refractivity contribution is 0.0945. The summed E-state index contributed by atoms with van der Waals surface area (Å²) >= 11 is 0. The Hall–Kier alpha value is -4.03. The number of carbonyl (C=O) groups is 1. The summed E-state index contributed by atoms with van der Waals surface area (Å²) in [7, 11) is 1.89. The molecule has 3 heterocycles. The van der Waals surface area contributed by atoms with E-state index in [9.17, 15) is 4.79 Å². The molecular weight excluding hydrogens is 422 g/mol. The van der Waals surface area contributed by atoms with Crippen LogP contribution in [0.5, 0.6) is 0 Å². The van der Waals surface area contributed by atoms with Gasteiger partial charge in [-0.15, -0.1) is 0 Å². The minimum Gasteiger partial charge on any atom is -0.303 e. The van der Waals surface area contributed by atoms with Gasteiger partial charge in [-0.25, -0.2) is 4.52 Å². The lowest BCUT2D eigenvalue weighted by Crippen LogP contribution is -2.30. The maximum atomic E-state index is 13.7. The molecular formula is C28H27N5O. The van der Waals surface area contributed by atoms with Crippen molar-refractivity contribution in [2.45, 2.75) is 19.4 Å². The van der Waals surface area contributed by atoms with E-state index < -0.39 is 6.04 Å². The first kappa shape index (κ1) is 21.8. The third kappa shape index (κ3) is 4.54. The predicted molar refractivity (Wildman–Crippen MR) is 134 cm³/mol. The molecule has 0 saturated carbocycles. The minimum absolute atomic E-state index is 0.0132. The van der Waals surface area contributed by atoms with Crippen LogP contribution in [-0.2, 0) is 13.5 Å². The van der Waals surface area contributed by atoms with Crippen molar-refractivity contribution in [1.82, 2.24) is 24.7 Å². The highest BCUT2D eigenvalue weighted by Crippen LogP contribution is 2.24. The van der Waals surface area contributed by atoms with Crippen molar-refractivity contribution < 1.29 is 4.79 Å². The van der Waals surface area contributed by atoms with Crippen LogP contribution in [0.15, 0.2) is 91.5 Å². The molecule has 170 valence electrons. The first-order valence-corrected chi connectivity index (χ1v) is 11.4. The second kappa shape index (κ2) is 9.45. The van der Waals surface area contributed by atoms with Gasteiger partial charge < -0.3 is 5.32 Å². The average Bonchev–Trinajstić information content (AvgIpc) is 3.49. The number of hydrogen-bond acceptors (Lipinski definition) is 4. The van der Waals surface area contributed by atoms with Gasteiger partial charge in [0, 0.05) is 37.1 Å². The SMILES string of the molecule is Cc1ccc(CCN[C@@H](C(=O)c2cnn3cc(-c4cnn(C)c4)ccc23)c2ccccc2)cc1. The molecule has 0 amide bonds. The minimum atomic E-state index is -0.447. The van der Waals surface area contributed by atoms with Crippen LogP contribution in [0.4, 0.5) is 0 Å². The van der Waals surface area contributed by atoms with Crippen LogP contribution >= 0.6 is 0 Å². The summed E-state index contributed by atoms with van der Waals surface area (Å²) in [6.45, 7) is 2.78. The molecule has 0 unspecified atom stereocenters. The van der Waals surface area contributed by atoms with Gasteiger partial charge in [-0.2, -0.15) is 10.2 Å². The van der Waals surface area contributed by atoms with E-state index in [1.54, 1.807) is 15.4 Å². The monoisotopic (exact) mass is 449 g/mol. The summed E-state index contributed by atoms with van der Waals surface area (Å²) in [4.78, 5) is 13.7. The topological polar surface area (TPSA) is 64.2 Å². The Balaban J connectivity index is 1.40. The first-order valence-electron chi connectivity index (χ1n) is 11.4. The molecule has 0 bridgehead atoms. The van der Waals surface area contributed by atoms with Crippen LogP contribution in [0, 0.1) is 6.92 Å². The van der Waals surface area contributed by atoms with E-state index in [2.05, 4.69) is 46.7 Å². The quantitative estimate of drug-likeness (QED) is 0.346. The van der Waals surface area contributed by atoms with Gasteiger partial charge in [0.15, 0.2) is 5.78 Å². The summed E-state index contributed by atoms with van der Waals surface area (Å²) in [6, 6.07) is 21.9. The Morgan fingerprint density at radius 2 is 1.71 bits per heavy atom. The molecule has 0 spiro atoms. The highest BCUT2D eigenvalue weighted by molar-refractivity contribution is 6.06. The molecule has 0 saturated heterocycles. The third-order valence-corrected chi connectivity index (χ3v) is 6.10. The number of nitrogens with one attached hydrogen (secondary N) is 1. The van der Waals surface area contributed by atoms with E-state index in [4.69, 9.17) is 0 Å². The van der Waals surface area contributed by atoms with Gasteiger partial charge in [-0.3, -0.25) is 9.48 Å². The lowest BCUT2D eigenvalue weighted by Gasteiger charge is -2.18. The molecule has 3 aromatic heterocycles. The molecule has 1 N–H and O–H groups in total. The standard InChI is InChI=1S/C28H27N5O/c1-20-8-10-21(11-9-20)14-15-29-27(22-6-4-3-5-7-22)28(34)25-17-31-33-19-23(12-13-26(25)33)24-16-30-32(2)18-24/h3-13,16-19,27,29H,14-15H2,1-2H3/t27-/m1/s1. The Bertz CT molecular complexity index is 1420. The van der Waals surface area contributed by atoms with Crippen LogP contribution in [0.2, 0.25) is 0 Å². The van der Waals surface area contributed by atoms with Gasteiger partial charge in [-0.1, -0.05) is 66.2 Å². The number of aryl methyl sites for hydroxylation is 2. The zero-order valence-electron chi connectivity index (χ0n) is 19.3. The number of rotatable bonds is 8. The lowest BCUT2D eigenvalue weighted by atomic mass is 9.97. The molecule has 6 heteroatoms. The third-order valence-electron chi connectivity index (χ3n) is 6.10. The fourth-order valence-corrected chi connectivity index (χ4v) is 4.19. The van der Waals surface area contributed by atoms with Crippen LogP contribution in [0.3, 0.4) is 0 Å². The highest BCUT2D eigenvalue weighted by atomic mass is 16.1. The van der Waals surface area contributed by atoms with Gasteiger partial charge in [0.25, 0.3) is 0 Å². The maximum absolute atomic E-state index is 13.7. The fourth-order valence-electron chi connectivity index (χ4n) is 4.19.